The van der Waals surface area contributed by atoms with Gasteiger partial charge in [0.15, 0.2) is 5.82 Å². The molecule has 1 saturated heterocycles. The lowest BCUT2D eigenvalue weighted by Crippen LogP contribution is -2.42. The van der Waals surface area contributed by atoms with Crippen LogP contribution in [0.3, 0.4) is 0 Å². The van der Waals surface area contributed by atoms with Gasteiger partial charge < -0.3 is 14.7 Å². The third-order valence-electron chi connectivity index (χ3n) is 5.44. The Balaban J connectivity index is 1.78. The van der Waals surface area contributed by atoms with Crippen LogP contribution in [0.5, 0.6) is 0 Å². The van der Waals surface area contributed by atoms with Gasteiger partial charge in [0.05, 0.1) is 11.4 Å². The number of anilines is 1. The minimum atomic E-state index is -3.84. The van der Waals surface area contributed by atoms with E-state index in [2.05, 4.69) is 36.1 Å². The molecule has 0 saturated carbocycles. The predicted octanol–water partition coefficient (Wildman–Crippen LogP) is 3.01. The molecule has 1 aliphatic heterocycles. The lowest BCUT2D eigenvalue weighted by Gasteiger charge is -2.25. The summed E-state index contributed by atoms with van der Waals surface area (Å²) < 4.78 is 33.0. The molecule has 3 rings (SSSR count). The first-order chi connectivity index (χ1) is 14.6. The highest BCUT2D eigenvalue weighted by Gasteiger charge is 2.28. The molecule has 1 fully saturated rings. The summed E-state index contributed by atoms with van der Waals surface area (Å²) in [6.45, 7) is 10.4. The van der Waals surface area contributed by atoms with Gasteiger partial charge in [0.1, 0.15) is 5.76 Å². The summed E-state index contributed by atoms with van der Waals surface area (Å²) in [6.07, 6.45) is 2.24. The molecule has 0 spiro atoms. The summed E-state index contributed by atoms with van der Waals surface area (Å²) in [5.74, 6) is 0.381. The number of rotatable bonds is 8. The van der Waals surface area contributed by atoms with Crippen molar-refractivity contribution in [2.45, 2.75) is 50.8 Å². The molecule has 2 aromatic rings. The largest absolute Gasteiger partial charge is 0.360 e. The Morgan fingerprint density at radius 1 is 1.19 bits per heavy atom. The van der Waals surface area contributed by atoms with Crippen LogP contribution in [-0.4, -0.2) is 61.4 Å². The zero-order valence-electron chi connectivity index (χ0n) is 18.7. The van der Waals surface area contributed by atoms with Gasteiger partial charge in [-0.05, 0) is 56.0 Å². The second-order valence-corrected chi connectivity index (χ2v) is 11.0. The fraction of sp³-hybridized carbons (Fsp3) is 0.545. The van der Waals surface area contributed by atoms with Gasteiger partial charge in [-0.2, -0.15) is 4.31 Å². The number of nitrogens with zero attached hydrogens (tertiary/aromatic N) is 3. The molecule has 0 radical (unpaired) electrons. The standard InChI is InChI=1S/C22H32N4O4S/c1-17-15-20(24-30-17)23-21(27)16-26(14-13-25-11-5-6-12-25)31(28,29)19-9-7-18(8-10-19)22(2,3)4/h7-10,15H,5-6,11-14,16H2,1-4H3,(H,23,24,27). The minimum Gasteiger partial charge on any atom is -0.360 e. The Bertz CT molecular complexity index is 987. The molecular weight excluding hydrogens is 416 g/mol. The van der Waals surface area contributed by atoms with Crippen LogP contribution in [0.4, 0.5) is 5.82 Å². The van der Waals surface area contributed by atoms with E-state index < -0.39 is 15.9 Å². The van der Waals surface area contributed by atoms with Gasteiger partial charge in [-0.15, -0.1) is 0 Å². The highest BCUT2D eigenvalue weighted by Crippen LogP contribution is 2.25. The van der Waals surface area contributed by atoms with Crippen LogP contribution in [-0.2, 0) is 20.2 Å². The molecule has 1 aromatic heterocycles. The molecule has 9 heteroatoms. The Kier molecular flexibility index (Phi) is 7.18. The predicted molar refractivity (Wildman–Crippen MR) is 119 cm³/mol. The third kappa shape index (κ3) is 6.15. The Labute approximate surface area is 184 Å². The molecule has 2 heterocycles. The van der Waals surface area contributed by atoms with E-state index in [9.17, 15) is 13.2 Å². The fourth-order valence-corrected chi connectivity index (χ4v) is 4.97. The van der Waals surface area contributed by atoms with Gasteiger partial charge in [-0.1, -0.05) is 38.1 Å². The lowest BCUT2D eigenvalue weighted by atomic mass is 9.87. The number of carbonyl (C=O) groups excluding carboxylic acids is 1. The van der Waals surface area contributed by atoms with Crippen molar-refractivity contribution in [1.29, 1.82) is 0 Å². The van der Waals surface area contributed by atoms with Crippen molar-refractivity contribution in [3.05, 3.63) is 41.7 Å². The van der Waals surface area contributed by atoms with Crippen molar-refractivity contribution in [3.8, 4) is 0 Å². The molecule has 0 unspecified atom stereocenters. The number of benzene rings is 1. The first-order valence-corrected chi connectivity index (χ1v) is 12.1. The van der Waals surface area contributed by atoms with Gasteiger partial charge in [0.2, 0.25) is 15.9 Å². The molecule has 8 nitrogen and oxygen atoms in total. The normalized spacial score (nSPS) is 15.5. The van der Waals surface area contributed by atoms with Gasteiger partial charge in [0.25, 0.3) is 0 Å². The first-order valence-electron chi connectivity index (χ1n) is 10.6. The maximum Gasteiger partial charge on any atom is 0.243 e. The zero-order chi connectivity index (χ0) is 22.6. The third-order valence-corrected chi connectivity index (χ3v) is 7.30. The number of hydrogen-bond donors (Lipinski definition) is 1. The smallest absolute Gasteiger partial charge is 0.243 e. The van der Waals surface area contributed by atoms with Crippen molar-refractivity contribution in [3.63, 3.8) is 0 Å². The summed E-state index contributed by atoms with van der Waals surface area (Å²) in [4.78, 5) is 15.0. The van der Waals surface area contributed by atoms with E-state index in [4.69, 9.17) is 4.52 Å². The summed E-state index contributed by atoms with van der Waals surface area (Å²) in [6, 6.07) is 8.51. The molecule has 1 aliphatic rings. The lowest BCUT2D eigenvalue weighted by molar-refractivity contribution is -0.116. The molecule has 0 aliphatic carbocycles. The number of sulfonamides is 1. The van der Waals surface area contributed by atoms with Crippen molar-refractivity contribution in [2.75, 3.05) is 38.0 Å². The van der Waals surface area contributed by atoms with Gasteiger partial charge in [0, 0.05) is 19.2 Å². The van der Waals surface area contributed by atoms with E-state index >= 15 is 0 Å². The van der Waals surface area contributed by atoms with Crippen LogP contribution < -0.4 is 5.32 Å². The van der Waals surface area contributed by atoms with E-state index in [0.29, 0.717) is 12.3 Å². The number of hydrogen-bond acceptors (Lipinski definition) is 6. The van der Waals surface area contributed by atoms with Crippen molar-refractivity contribution in [1.82, 2.24) is 14.4 Å². The van der Waals surface area contributed by atoms with Crippen LogP contribution in [0.1, 0.15) is 44.9 Å². The Morgan fingerprint density at radius 2 is 1.84 bits per heavy atom. The maximum absolute atomic E-state index is 13.4. The van der Waals surface area contributed by atoms with E-state index in [0.717, 1.165) is 31.5 Å². The monoisotopic (exact) mass is 448 g/mol. The number of carbonyl (C=O) groups is 1. The highest BCUT2D eigenvalue weighted by atomic mass is 32.2. The van der Waals surface area contributed by atoms with E-state index in [1.165, 1.54) is 4.31 Å². The average molecular weight is 449 g/mol. The van der Waals surface area contributed by atoms with Crippen molar-refractivity contribution in [2.24, 2.45) is 0 Å². The quantitative estimate of drug-likeness (QED) is 0.667. The van der Waals surface area contributed by atoms with Gasteiger partial charge in [-0.25, -0.2) is 8.42 Å². The molecule has 1 N–H and O–H groups in total. The van der Waals surface area contributed by atoms with Gasteiger partial charge >= 0.3 is 0 Å². The van der Waals surface area contributed by atoms with Crippen LogP contribution in [0, 0.1) is 6.92 Å². The molecule has 31 heavy (non-hydrogen) atoms. The van der Waals surface area contributed by atoms with Crippen LogP contribution >= 0.6 is 0 Å². The van der Waals surface area contributed by atoms with E-state index in [1.807, 2.05) is 12.1 Å². The molecule has 1 aromatic carbocycles. The van der Waals surface area contributed by atoms with Crippen molar-refractivity contribution >= 4 is 21.7 Å². The summed E-state index contributed by atoms with van der Waals surface area (Å²) in [5, 5.41) is 6.35. The minimum absolute atomic E-state index is 0.0760. The zero-order valence-corrected chi connectivity index (χ0v) is 19.5. The maximum atomic E-state index is 13.4. The fourth-order valence-electron chi connectivity index (χ4n) is 3.59. The van der Waals surface area contributed by atoms with Crippen molar-refractivity contribution < 1.29 is 17.7 Å². The van der Waals surface area contributed by atoms with Gasteiger partial charge in [-0.3, -0.25) is 4.79 Å². The second kappa shape index (κ2) is 9.50. The average Bonchev–Trinajstić information content (AvgIpc) is 3.36. The Morgan fingerprint density at radius 3 is 2.39 bits per heavy atom. The number of aryl methyl sites for hydroxylation is 1. The molecule has 0 bridgehead atoms. The SMILES string of the molecule is Cc1cc(NC(=O)CN(CCN2CCCC2)S(=O)(=O)c2ccc(C(C)(C)C)cc2)no1. The van der Waals surface area contributed by atoms with Crippen LogP contribution in [0.25, 0.3) is 0 Å². The number of amides is 1. The van der Waals surface area contributed by atoms with Crippen LogP contribution in [0.2, 0.25) is 0 Å². The molecular formula is C22H32N4O4S. The Hall–Kier alpha value is -2.23. The number of likely N-dealkylation sites (tertiary alicyclic amines) is 1. The molecule has 1 amide bonds. The van der Waals surface area contributed by atoms with E-state index in [-0.39, 0.29) is 29.2 Å². The number of aromatic nitrogens is 1. The topological polar surface area (TPSA) is 95.8 Å². The van der Waals surface area contributed by atoms with E-state index in [1.54, 1.807) is 25.1 Å². The first kappa shape index (κ1) is 23.4. The number of nitrogens with one attached hydrogen (secondary N) is 1. The summed E-state index contributed by atoms with van der Waals surface area (Å²) in [5.41, 5.74) is 0.974. The summed E-state index contributed by atoms with van der Waals surface area (Å²) >= 11 is 0. The molecule has 170 valence electrons. The van der Waals surface area contributed by atoms with Crippen LogP contribution in [0.15, 0.2) is 39.8 Å². The molecule has 0 atom stereocenters. The second-order valence-electron chi connectivity index (χ2n) is 9.03. The summed E-state index contributed by atoms with van der Waals surface area (Å²) in [7, 11) is -3.84. The highest BCUT2D eigenvalue weighted by molar-refractivity contribution is 7.89.